The molecule has 0 aliphatic heterocycles. The molecule has 0 bridgehead atoms. The van der Waals surface area contributed by atoms with Gasteiger partial charge in [0.05, 0.1) is 13.2 Å². The van der Waals surface area contributed by atoms with Crippen molar-refractivity contribution in [1.29, 1.82) is 0 Å². The third-order valence-corrected chi connectivity index (χ3v) is 3.74. The molecule has 0 unspecified atom stereocenters. The van der Waals surface area contributed by atoms with Crippen molar-refractivity contribution in [2.45, 2.75) is 33.1 Å². The molecule has 0 atom stereocenters. The van der Waals surface area contributed by atoms with Gasteiger partial charge in [-0.05, 0) is 61.4 Å². The minimum atomic E-state index is -0.0622. The molecule has 0 radical (unpaired) electrons. The van der Waals surface area contributed by atoms with E-state index in [0.29, 0.717) is 17.9 Å². The van der Waals surface area contributed by atoms with Crippen LogP contribution in [0.15, 0.2) is 54.6 Å². The largest absolute Gasteiger partial charge is 0.494 e. The van der Waals surface area contributed by atoms with Gasteiger partial charge in [-0.1, -0.05) is 38.0 Å². The molecular formula is C22H26O4. The first kappa shape index (κ1) is 19.7. The second-order valence-electron chi connectivity index (χ2n) is 5.84. The van der Waals surface area contributed by atoms with Gasteiger partial charge in [-0.25, -0.2) is 0 Å². The summed E-state index contributed by atoms with van der Waals surface area (Å²) in [4.78, 5) is 22.1. The highest BCUT2D eigenvalue weighted by molar-refractivity contribution is 6.06. The second kappa shape index (κ2) is 11.1. The molecule has 0 aromatic heterocycles. The van der Waals surface area contributed by atoms with Crippen LogP contribution in [0.25, 0.3) is 6.08 Å². The van der Waals surface area contributed by atoms with Gasteiger partial charge in [0.15, 0.2) is 11.5 Å². The molecule has 138 valence electrons. The average molecular weight is 354 g/mol. The maximum atomic E-state index is 12.2. The van der Waals surface area contributed by atoms with E-state index in [9.17, 15) is 4.79 Å². The van der Waals surface area contributed by atoms with E-state index in [0.717, 1.165) is 24.3 Å². The second-order valence-corrected chi connectivity index (χ2v) is 5.84. The third kappa shape index (κ3) is 6.73. The van der Waals surface area contributed by atoms with Crippen LogP contribution in [0.4, 0.5) is 0 Å². The Morgan fingerprint density at radius 2 is 1.62 bits per heavy atom. The fourth-order valence-electron chi connectivity index (χ4n) is 2.29. The summed E-state index contributed by atoms with van der Waals surface area (Å²) in [5.74, 6) is 1.37. The van der Waals surface area contributed by atoms with Crippen LogP contribution in [0.2, 0.25) is 0 Å². The minimum absolute atomic E-state index is 0.0622. The van der Waals surface area contributed by atoms with E-state index in [1.54, 1.807) is 36.4 Å². The quantitative estimate of drug-likeness (QED) is 0.176. The number of hydrogen-bond acceptors (Lipinski definition) is 4. The lowest BCUT2D eigenvalue weighted by molar-refractivity contribution is -0.202. The molecule has 4 heteroatoms. The number of allylic oxidation sites excluding steroid dienone is 1. The summed E-state index contributed by atoms with van der Waals surface area (Å²) < 4.78 is 5.68. The number of rotatable bonds is 11. The van der Waals surface area contributed by atoms with Gasteiger partial charge >= 0.3 is 0 Å². The van der Waals surface area contributed by atoms with Gasteiger partial charge in [-0.15, -0.1) is 0 Å². The summed E-state index contributed by atoms with van der Waals surface area (Å²) in [5, 5.41) is 0. The molecule has 0 aliphatic rings. The number of carbonyl (C=O) groups is 1. The number of hydrogen-bond donors (Lipinski definition) is 0. The number of unbranched alkanes of at least 4 members (excludes halogenated alkanes) is 2. The molecule has 2 aromatic carbocycles. The molecule has 0 aliphatic carbocycles. The predicted molar refractivity (Wildman–Crippen MR) is 104 cm³/mol. The van der Waals surface area contributed by atoms with Gasteiger partial charge in [-0.3, -0.25) is 4.79 Å². The van der Waals surface area contributed by atoms with E-state index in [1.807, 2.05) is 31.2 Å². The molecule has 0 heterocycles. The minimum Gasteiger partial charge on any atom is -0.494 e. The van der Waals surface area contributed by atoms with Gasteiger partial charge in [0.2, 0.25) is 0 Å². The molecule has 0 fully saturated rings. The molecule has 0 saturated carbocycles. The van der Waals surface area contributed by atoms with Gasteiger partial charge in [0.1, 0.15) is 5.75 Å². The molecule has 2 aromatic rings. The predicted octanol–water partition coefficient (Wildman–Crippen LogP) is 5.48. The lowest BCUT2D eigenvalue weighted by Gasteiger charge is -2.05. The van der Waals surface area contributed by atoms with Crippen molar-refractivity contribution < 1.29 is 19.3 Å². The number of ketones is 1. The van der Waals surface area contributed by atoms with Crippen LogP contribution in [0.3, 0.4) is 0 Å². The molecule has 0 saturated heterocycles. The standard InChI is InChI=1S/C22H26O4/c1-3-5-6-17-24-20-12-7-18(8-13-20)9-16-22(23)19-10-14-21(15-11-19)26-25-4-2/h7-16H,3-6,17H2,1-2H3/b16-9+. The van der Waals surface area contributed by atoms with E-state index in [2.05, 4.69) is 6.92 Å². The molecule has 4 nitrogen and oxygen atoms in total. The Labute approximate surface area is 155 Å². The first-order chi connectivity index (χ1) is 12.7. The SMILES string of the molecule is CCCCCOc1ccc(/C=C/C(=O)c2ccc(OOCC)cc2)cc1. The summed E-state index contributed by atoms with van der Waals surface area (Å²) in [5.41, 5.74) is 1.55. The summed E-state index contributed by atoms with van der Waals surface area (Å²) in [6.45, 7) is 5.22. The van der Waals surface area contributed by atoms with Crippen LogP contribution in [0, 0.1) is 0 Å². The van der Waals surface area contributed by atoms with Crippen LogP contribution < -0.4 is 9.62 Å². The monoisotopic (exact) mass is 354 g/mol. The molecule has 0 amide bonds. The van der Waals surface area contributed by atoms with Crippen molar-refractivity contribution >= 4 is 11.9 Å². The van der Waals surface area contributed by atoms with Crippen molar-refractivity contribution in [2.24, 2.45) is 0 Å². The summed E-state index contributed by atoms with van der Waals surface area (Å²) >= 11 is 0. The highest BCUT2D eigenvalue weighted by Gasteiger charge is 2.03. The van der Waals surface area contributed by atoms with E-state index in [4.69, 9.17) is 14.5 Å². The molecule has 0 spiro atoms. The van der Waals surface area contributed by atoms with Crippen LogP contribution >= 0.6 is 0 Å². The van der Waals surface area contributed by atoms with E-state index in [-0.39, 0.29) is 5.78 Å². The van der Waals surface area contributed by atoms with Crippen molar-refractivity contribution in [3.63, 3.8) is 0 Å². The van der Waals surface area contributed by atoms with Crippen LogP contribution in [0.1, 0.15) is 49.0 Å². The van der Waals surface area contributed by atoms with E-state index in [1.165, 1.54) is 12.8 Å². The van der Waals surface area contributed by atoms with E-state index >= 15 is 0 Å². The Hall–Kier alpha value is -2.59. The average Bonchev–Trinajstić information content (AvgIpc) is 2.69. The number of carbonyl (C=O) groups excluding carboxylic acids is 1. The van der Waals surface area contributed by atoms with Gasteiger partial charge in [0.25, 0.3) is 0 Å². The fraction of sp³-hybridized carbons (Fsp3) is 0.318. The maximum absolute atomic E-state index is 12.2. The Morgan fingerprint density at radius 1 is 0.923 bits per heavy atom. The molecule has 26 heavy (non-hydrogen) atoms. The molecule has 0 N–H and O–H groups in total. The number of ether oxygens (including phenoxy) is 1. The third-order valence-electron chi connectivity index (χ3n) is 3.74. The van der Waals surface area contributed by atoms with Crippen molar-refractivity contribution in [3.8, 4) is 11.5 Å². The van der Waals surface area contributed by atoms with Crippen molar-refractivity contribution in [2.75, 3.05) is 13.2 Å². The van der Waals surface area contributed by atoms with Crippen molar-refractivity contribution in [1.82, 2.24) is 0 Å². The maximum Gasteiger partial charge on any atom is 0.185 e. The molecular weight excluding hydrogens is 328 g/mol. The molecule has 2 rings (SSSR count). The fourth-order valence-corrected chi connectivity index (χ4v) is 2.29. The lowest BCUT2D eigenvalue weighted by atomic mass is 10.1. The Balaban J connectivity index is 1.87. The zero-order valence-electron chi connectivity index (χ0n) is 15.4. The Bertz CT molecular complexity index is 687. The van der Waals surface area contributed by atoms with Crippen LogP contribution in [-0.4, -0.2) is 19.0 Å². The van der Waals surface area contributed by atoms with E-state index < -0.39 is 0 Å². The summed E-state index contributed by atoms with van der Waals surface area (Å²) in [6, 6.07) is 14.6. The zero-order chi connectivity index (χ0) is 18.6. The van der Waals surface area contributed by atoms with Gasteiger partial charge in [-0.2, -0.15) is 4.89 Å². The first-order valence-electron chi connectivity index (χ1n) is 9.07. The normalized spacial score (nSPS) is 10.8. The smallest absolute Gasteiger partial charge is 0.185 e. The van der Waals surface area contributed by atoms with Crippen LogP contribution in [0.5, 0.6) is 11.5 Å². The summed E-state index contributed by atoms with van der Waals surface area (Å²) in [7, 11) is 0. The number of benzene rings is 2. The highest BCUT2D eigenvalue weighted by Crippen LogP contribution is 2.16. The van der Waals surface area contributed by atoms with Crippen molar-refractivity contribution in [3.05, 3.63) is 65.7 Å². The first-order valence-corrected chi connectivity index (χ1v) is 9.07. The Kier molecular flexibility index (Phi) is 8.43. The van der Waals surface area contributed by atoms with Crippen LogP contribution in [-0.2, 0) is 4.89 Å². The Morgan fingerprint density at radius 3 is 2.27 bits per heavy atom. The zero-order valence-corrected chi connectivity index (χ0v) is 15.4. The van der Waals surface area contributed by atoms with Gasteiger partial charge < -0.3 is 9.62 Å². The topological polar surface area (TPSA) is 44.8 Å². The lowest BCUT2D eigenvalue weighted by Crippen LogP contribution is -1.98. The summed E-state index contributed by atoms with van der Waals surface area (Å²) in [6.07, 6.45) is 6.80. The highest BCUT2D eigenvalue weighted by atomic mass is 17.2. The van der Waals surface area contributed by atoms with Gasteiger partial charge in [0, 0.05) is 5.56 Å².